The molecule has 1 saturated heterocycles. The van der Waals surface area contributed by atoms with Crippen LogP contribution in [-0.2, 0) is 14.8 Å². The van der Waals surface area contributed by atoms with Gasteiger partial charge in [0.1, 0.15) is 0 Å². The van der Waals surface area contributed by atoms with Crippen LogP contribution in [0.15, 0.2) is 23.1 Å². The molecule has 0 bridgehead atoms. The molecule has 0 aromatic heterocycles. The van der Waals surface area contributed by atoms with E-state index < -0.39 is 16.0 Å². The summed E-state index contributed by atoms with van der Waals surface area (Å²) in [5.41, 5.74) is -0.0452. The van der Waals surface area contributed by atoms with Gasteiger partial charge in [-0.05, 0) is 25.1 Å². The summed E-state index contributed by atoms with van der Waals surface area (Å²) in [6.45, 7) is 3.19. The number of sulfonamides is 1. The third-order valence-corrected chi connectivity index (χ3v) is 5.45. The van der Waals surface area contributed by atoms with E-state index in [0.29, 0.717) is 19.6 Å². The second kappa shape index (κ2) is 6.31. The van der Waals surface area contributed by atoms with E-state index in [0.717, 1.165) is 0 Å². The van der Waals surface area contributed by atoms with Gasteiger partial charge in [-0.2, -0.15) is 4.31 Å². The van der Waals surface area contributed by atoms with Crippen LogP contribution in [0.1, 0.15) is 17.3 Å². The van der Waals surface area contributed by atoms with Gasteiger partial charge in [0.25, 0.3) is 0 Å². The van der Waals surface area contributed by atoms with Gasteiger partial charge in [-0.3, -0.25) is 0 Å². The van der Waals surface area contributed by atoms with Gasteiger partial charge in [-0.15, -0.1) is 0 Å². The average molecular weight is 333 g/mol. The number of nitrogens with one attached hydrogen (secondary N) is 1. The zero-order chi connectivity index (χ0) is 15.6. The zero-order valence-electron chi connectivity index (χ0n) is 11.8. The molecule has 1 atom stereocenters. The quantitative estimate of drug-likeness (QED) is 0.839. The normalized spacial score (nSPS) is 20.2. The van der Waals surface area contributed by atoms with Gasteiger partial charge in [0.05, 0.1) is 17.6 Å². The maximum absolute atomic E-state index is 12.7. The van der Waals surface area contributed by atoms with Gasteiger partial charge in [0.2, 0.25) is 10.0 Å². The number of benzene rings is 1. The number of hydrogen-bond acceptors (Lipinski definition) is 5. The van der Waals surface area contributed by atoms with Crippen molar-refractivity contribution in [1.29, 1.82) is 0 Å². The molecular weight excluding hydrogens is 316 g/mol. The molecular formula is C13H17ClN2O4S. The van der Waals surface area contributed by atoms with E-state index in [1.54, 1.807) is 0 Å². The summed E-state index contributed by atoms with van der Waals surface area (Å²) in [4.78, 5) is 11.7. The number of nitrogens with zero attached hydrogens (tertiary/aromatic N) is 1. The Balaban J connectivity index is 2.47. The van der Waals surface area contributed by atoms with Crippen molar-refractivity contribution in [3.63, 3.8) is 0 Å². The molecule has 1 aliphatic rings. The van der Waals surface area contributed by atoms with Crippen LogP contribution in [0.3, 0.4) is 0 Å². The van der Waals surface area contributed by atoms with Crippen LogP contribution in [0, 0.1) is 0 Å². The van der Waals surface area contributed by atoms with E-state index in [2.05, 4.69) is 10.1 Å². The number of methoxy groups -OCH3 is 1. The molecule has 2 rings (SSSR count). The number of hydrogen-bond donors (Lipinski definition) is 1. The standard InChI is InChI=1S/C13H17ClN2O4S/c1-9-8-16(6-5-15-9)21(18,19)12-4-3-10(14)7-11(12)13(17)20-2/h3-4,7,9,15H,5-6,8H2,1-2H3. The molecule has 1 N–H and O–H groups in total. The summed E-state index contributed by atoms with van der Waals surface area (Å²) in [6, 6.07) is 4.16. The molecule has 0 aliphatic carbocycles. The molecule has 0 radical (unpaired) electrons. The number of esters is 1. The number of rotatable bonds is 3. The fourth-order valence-corrected chi connectivity index (χ4v) is 4.11. The molecule has 0 amide bonds. The number of halogens is 1. The summed E-state index contributed by atoms with van der Waals surface area (Å²) >= 11 is 5.85. The summed E-state index contributed by atoms with van der Waals surface area (Å²) < 4.78 is 31.5. The Morgan fingerprint density at radius 1 is 1.48 bits per heavy atom. The van der Waals surface area contributed by atoms with E-state index in [4.69, 9.17) is 11.6 Å². The van der Waals surface area contributed by atoms with Crippen molar-refractivity contribution in [2.75, 3.05) is 26.7 Å². The highest BCUT2D eigenvalue weighted by Crippen LogP contribution is 2.25. The molecule has 1 aromatic rings. The van der Waals surface area contributed by atoms with Crippen LogP contribution in [0.25, 0.3) is 0 Å². The average Bonchev–Trinajstić information content (AvgIpc) is 2.46. The highest BCUT2D eigenvalue weighted by molar-refractivity contribution is 7.89. The molecule has 116 valence electrons. The van der Waals surface area contributed by atoms with Crippen molar-refractivity contribution in [2.45, 2.75) is 17.9 Å². The number of carbonyl (C=O) groups is 1. The lowest BCUT2D eigenvalue weighted by Crippen LogP contribution is -2.51. The van der Waals surface area contributed by atoms with Gasteiger partial charge < -0.3 is 10.1 Å². The topological polar surface area (TPSA) is 75.7 Å². The van der Waals surface area contributed by atoms with Crippen LogP contribution in [0.2, 0.25) is 5.02 Å². The molecule has 1 unspecified atom stereocenters. The predicted octanol–water partition coefficient (Wildman–Crippen LogP) is 1.11. The zero-order valence-corrected chi connectivity index (χ0v) is 13.4. The Kier molecular flexibility index (Phi) is 4.88. The van der Waals surface area contributed by atoms with Crippen LogP contribution in [-0.4, -0.2) is 51.5 Å². The molecule has 0 spiro atoms. The highest BCUT2D eigenvalue weighted by Gasteiger charge is 2.32. The Hall–Kier alpha value is -1.15. The van der Waals surface area contributed by atoms with Gasteiger partial charge in [-0.25, -0.2) is 13.2 Å². The Bertz CT molecular complexity index is 648. The fraction of sp³-hybridized carbons (Fsp3) is 0.462. The van der Waals surface area contributed by atoms with E-state index in [1.807, 2.05) is 6.92 Å². The minimum absolute atomic E-state index is 0.0452. The van der Waals surface area contributed by atoms with Crippen molar-refractivity contribution in [2.24, 2.45) is 0 Å². The van der Waals surface area contributed by atoms with Crippen LogP contribution >= 0.6 is 11.6 Å². The lowest BCUT2D eigenvalue weighted by atomic mass is 10.2. The molecule has 0 saturated carbocycles. The van der Waals surface area contributed by atoms with Crippen molar-refractivity contribution in [3.8, 4) is 0 Å². The van der Waals surface area contributed by atoms with E-state index in [1.165, 1.54) is 29.6 Å². The van der Waals surface area contributed by atoms with Crippen molar-refractivity contribution >= 4 is 27.6 Å². The predicted molar refractivity (Wildman–Crippen MR) is 79.0 cm³/mol. The van der Waals surface area contributed by atoms with Crippen LogP contribution < -0.4 is 5.32 Å². The second-order valence-electron chi connectivity index (χ2n) is 4.85. The van der Waals surface area contributed by atoms with Gasteiger partial charge in [0.15, 0.2) is 0 Å². The molecule has 6 nitrogen and oxygen atoms in total. The Morgan fingerprint density at radius 2 is 2.19 bits per heavy atom. The Labute approximate surface area is 129 Å². The minimum atomic E-state index is -3.76. The first-order valence-electron chi connectivity index (χ1n) is 6.47. The van der Waals surface area contributed by atoms with Crippen molar-refractivity contribution < 1.29 is 17.9 Å². The van der Waals surface area contributed by atoms with E-state index >= 15 is 0 Å². The molecule has 1 heterocycles. The van der Waals surface area contributed by atoms with Crippen LogP contribution in [0.5, 0.6) is 0 Å². The first-order valence-corrected chi connectivity index (χ1v) is 8.29. The van der Waals surface area contributed by atoms with Gasteiger partial charge >= 0.3 is 5.97 Å². The third-order valence-electron chi connectivity index (χ3n) is 3.30. The number of carbonyl (C=O) groups excluding carboxylic acids is 1. The summed E-state index contributed by atoms with van der Waals surface area (Å²) in [5, 5.41) is 3.45. The van der Waals surface area contributed by atoms with Crippen molar-refractivity contribution in [1.82, 2.24) is 9.62 Å². The maximum atomic E-state index is 12.7. The first kappa shape index (κ1) is 16.2. The monoisotopic (exact) mass is 332 g/mol. The van der Waals surface area contributed by atoms with Crippen LogP contribution in [0.4, 0.5) is 0 Å². The van der Waals surface area contributed by atoms with Crippen molar-refractivity contribution in [3.05, 3.63) is 28.8 Å². The van der Waals surface area contributed by atoms with Gasteiger partial charge in [0, 0.05) is 30.7 Å². The van der Waals surface area contributed by atoms with E-state index in [9.17, 15) is 13.2 Å². The fourth-order valence-electron chi connectivity index (χ4n) is 2.25. The lowest BCUT2D eigenvalue weighted by Gasteiger charge is -2.31. The summed E-state index contributed by atoms with van der Waals surface area (Å²) in [7, 11) is -2.56. The molecule has 1 aliphatic heterocycles. The molecule has 8 heteroatoms. The lowest BCUT2D eigenvalue weighted by molar-refractivity contribution is 0.0596. The third kappa shape index (κ3) is 3.37. The minimum Gasteiger partial charge on any atom is -0.465 e. The number of ether oxygens (including phenoxy) is 1. The van der Waals surface area contributed by atoms with Gasteiger partial charge in [-0.1, -0.05) is 11.6 Å². The Morgan fingerprint density at radius 3 is 2.81 bits per heavy atom. The summed E-state index contributed by atoms with van der Waals surface area (Å²) in [6.07, 6.45) is 0. The second-order valence-corrected chi connectivity index (χ2v) is 7.19. The molecule has 1 fully saturated rings. The number of piperazine rings is 1. The maximum Gasteiger partial charge on any atom is 0.339 e. The first-order chi connectivity index (χ1) is 9.86. The SMILES string of the molecule is COC(=O)c1cc(Cl)ccc1S(=O)(=O)N1CCNC(C)C1. The smallest absolute Gasteiger partial charge is 0.339 e. The summed E-state index contributed by atoms with van der Waals surface area (Å²) in [5.74, 6) is -0.723. The molecule has 21 heavy (non-hydrogen) atoms. The van der Waals surface area contributed by atoms with E-state index in [-0.39, 0.29) is 21.5 Å². The largest absolute Gasteiger partial charge is 0.465 e. The molecule has 1 aromatic carbocycles. The highest BCUT2D eigenvalue weighted by atomic mass is 35.5.